The highest BCUT2D eigenvalue weighted by Crippen LogP contribution is 2.36. The second-order valence-electron chi connectivity index (χ2n) is 6.98. The van der Waals surface area contributed by atoms with Crippen LogP contribution in [0.1, 0.15) is 34.3 Å². The molecule has 0 aromatic heterocycles. The van der Waals surface area contributed by atoms with E-state index in [-0.39, 0.29) is 5.91 Å². The van der Waals surface area contributed by atoms with Gasteiger partial charge in [0.05, 0.1) is 13.7 Å². The molecule has 130 valence electrons. The fourth-order valence-corrected chi connectivity index (χ4v) is 3.37. The van der Waals surface area contributed by atoms with Crippen LogP contribution in [0.4, 0.5) is 0 Å². The fourth-order valence-electron chi connectivity index (χ4n) is 3.37. The van der Waals surface area contributed by atoms with Crippen LogP contribution in [0.5, 0.6) is 11.5 Å². The molecule has 4 rings (SSSR count). The molecule has 2 aliphatic rings. The summed E-state index contributed by atoms with van der Waals surface area (Å²) in [7, 11) is 1.67. The Kier molecular flexibility index (Phi) is 4.35. The number of hydrogen-bond acceptors (Lipinski definition) is 3. The van der Waals surface area contributed by atoms with Crippen LogP contribution < -0.4 is 14.8 Å². The molecule has 1 saturated carbocycles. The van der Waals surface area contributed by atoms with Crippen LogP contribution in [0, 0.1) is 5.92 Å². The Labute approximate surface area is 148 Å². The van der Waals surface area contributed by atoms with Gasteiger partial charge in [0, 0.05) is 17.5 Å². The van der Waals surface area contributed by atoms with Crippen LogP contribution in [0.15, 0.2) is 42.5 Å². The second kappa shape index (κ2) is 6.79. The zero-order valence-electron chi connectivity index (χ0n) is 14.5. The standard InChI is InChI=1S/C21H23NO3/c1-24-19-4-2-3-17-12-15(13-25-20(17)19)11-14-5-7-16(8-6-14)21(23)22-18-9-10-18/h2-8,15,18H,9-13H2,1H3,(H,22,23)/t15-/m1/s1. The number of fused-ring (bicyclic) bond motifs is 1. The second-order valence-corrected chi connectivity index (χ2v) is 6.98. The van der Waals surface area contributed by atoms with Gasteiger partial charge < -0.3 is 14.8 Å². The summed E-state index contributed by atoms with van der Waals surface area (Å²) in [5, 5.41) is 3.02. The number of methoxy groups -OCH3 is 1. The van der Waals surface area contributed by atoms with Gasteiger partial charge in [-0.05, 0) is 55.0 Å². The number of ether oxygens (including phenoxy) is 2. The number of hydrogen-bond donors (Lipinski definition) is 1. The van der Waals surface area contributed by atoms with Crippen LogP contribution in [0.3, 0.4) is 0 Å². The number of amides is 1. The average Bonchev–Trinajstić information content (AvgIpc) is 3.45. The summed E-state index contributed by atoms with van der Waals surface area (Å²) in [6.45, 7) is 0.692. The van der Waals surface area contributed by atoms with Gasteiger partial charge in [-0.25, -0.2) is 0 Å². The van der Waals surface area contributed by atoms with Crippen molar-refractivity contribution in [2.45, 2.75) is 31.7 Å². The van der Waals surface area contributed by atoms with Crippen LogP contribution >= 0.6 is 0 Å². The predicted octanol–water partition coefficient (Wildman–Crippen LogP) is 3.38. The van der Waals surface area contributed by atoms with E-state index in [0.717, 1.165) is 42.7 Å². The topological polar surface area (TPSA) is 47.6 Å². The van der Waals surface area contributed by atoms with Crippen molar-refractivity contribution in [3.05, 3.63) is 59.2 Å². The van der Waals surface area contributed by atoms with Crippen LogP contribution in [0.25, 0.3) is 0 Å². The SMILES string of the molecule is COc1cccc2c1OC[C@H](Cc1ccc(C(=O)NC3CC3)cc1)C2. The number of rotatable bonds is 5. The molecule has 1 heterocycles. The van der Waals surface area contributed by atoms with Crippen LogP contribution in [-0.4, -0.2) is 25.7 Å². The first-order valence-corrected chi connectivity index (χ1v) is 8.91. The Balaban J connectivity index is 1.40. The Bertz CT molecular complexity index is 765. The van der Waals surface area contributed by atoms with E-state index in [0.29, 0.717) is 18.6 Å². The van der Waals surface area contributed by atoms with Gasteiger partial charge in [-0.2, -0.15) is 0 Å². The smallest absolute Gasteiger partial charge is 0.251 e. The number of carbonyl (C=O) groups is 1. The maximum Gasteiger partial charge on any atom is 0.251 e. The number of carbonyl (C=O) groups excluding carboxylic acids is 1. The molecule has 2 aromatic carbocycles. The van der Waals surface area contributed by atoms with Crippen LogP contribution in [-0.2, 0) is 12.8 Å². The molecule has 1 aliphatic heterocycles. The van der Waals surface area contributed by atoms with Gasteiger partial charge in [0.25, 0.3) is 5.91 Å². The molecule has 1 fully saturated rings. The summed E-state index contributed by atoms with van der Waals surface area (Å²) >= 11 is 0. The summed E-state index contributed by atoms with van der Waals surface area (Å²) in [5.74, 6) is 2.16. The van der Waals surface area contributed by atoms with Crippen molar-refractivity contribution in [2.24, 2.45) is 5.92 Å². The summed E-state index contributed by atoms with van der Waals surface area (Å²) in [6, 6.07) is 14.4. The number of para-hydroxylation sites is 1. The van der Waals surface area contributed by atoms with Crippen molar-refractivity contribution in [2.75, 3.05) is 13.7 Å². The van der Waals surface area contributed by atoms with Crippen molar-refractivity contribution in [3.63, 3.8) is 0 Å². The molecule has 2 aromatic rings. The van der Waals surface area contributed by atoms with Gasteiger partial charge in [0.15, 0.2) is 11.5 Å². The maximum atomic E-state index is 12.1. The van der Waals surface area contributed by atoms with Gasteiger partial charge in [-0.15, -0.1) is 0 Å². The molecular weight excluding hydrogens is 314 g/mol. The normalized spacial score (nSPS) is 18.8. The van der Waals surface area contributed by atoms with Gasteiger partial charge in [-0.3, -0.25) is 4.79 Å². The minimum atomic E-state index is 0.0380. The van der Waals surface area contributed by atoms with E-state index in [1.54, 1.807) is 7.11 Å². The highest BCUT2D eigenvalue weighted by Gasteiger charge is 2.24. The molecule has 0 radical (unpaired) electrons. The Morgan fingerprint density at radius 2 is 2.00 bits per heavy atom. The molecular formula is C21H23NO3. The molecule has 1 N–H and O–H groups in total. The lowest BCUT2D eigenvalue weighted by Gasteiger charge is -2.26. The minimum absolute atomic E-state index is 0.0380. The van der Waals surface area contributed by atoms with Crippen molar-refractivity contribution in [1.29, 1.82) is 0 Å². The van der Waals surface area contributed by atoms with Crippen molar-refractivity contribution in [3.8, 4) is 11.5 Å². The van der Waals surface area contributed by atoms with E-state index < -0.39 is 0 Å². The Morgan fingerprint density at radius 3 is 2.72 bits per heavy atom. The van der Waals surface area contributed by atoms with E-state index in [1.165, 1.54) is 11.1 Å². The lowest BCUT2D eigenvalue weighted by Crippen LogP contribution is -2.25. The molecule has 0 spiro atoms. The number of nitrogens with one attached hydrogen (secondary N) is 1. The lowest BCUT2D eigenvalue weighted by atomic mass is 9.90. The molecule has 4 nitrogen and oxygen atoms in total. The van der Waals surface area contributed by atoms with E-state index in [1.807, 2.05) is 24.3 Å². The van der Waals surface area contributed by atoms with Gasteiger partial charge in [0.1, 0.15) is 0 Å². The zero-order valence-corrected chi connectivity index (χ0v) is 14.5. The average molecular weight is 337 g/mol. The molecule has 4 heteroatoms. The van der Waals surface area contributed by atoms with Crippen molar-refractivity contribution < 1.29 is 14.3 Å². The molecule has 1 atom stereocenters. The summed E-state index contributed by atoms with van der Waals surface area (Å²) in [6.07, 6.45) is 4.15. The Hall–Kier alpha value is -2.49. The van der Waals surface area contributed by atoms with Gasteiger partial charge in [0.2, 0.25) is 0 Å². The lowest BCUT2D eigenvalue weighted by molar-refractivity contribution is 0.0951. The first kappa shape index (κ1) is 16.0. The molecule has 0 bridgehead atoms. The Morgan fingerprint density at radius 1 is 1.20 bits per heavy atom. The molecule has 1 amide bonds. The largest absolute Gasteiger partial charge is 0.493 e. The van der Waals surface area contributed by atoms with Gasteiger partial charge >= 0.3 is 0 Å². The van der Waals surface area contributed by atoms with Crippen LogP contribution in [0.2, 0.25) is 0 Å². The fraction of sp³-hybridized carbons (Fsp3) is 0.381. The maximum absolute atomic E-state index is 12.1. The first-order valence-electron chi connectivity index (χ1n) is 8.91. The summed E-state index contributed by atoms with van der Waals surface area (Å²) in [5.41, 5.74) is 3.18. The van der Waals surface area contributed by atoms with E-state index >= 15 is 0 Å². The molecule has 1 aliphatic carbocycles. The predicted molar refractivity (Wildman–Crippen MR) is 96.3 cm³/mol. The third-order valence-corrected chi connectivity index (χ3v) is 4.91. The summed E-state index contributed by atoms with van der Waals surface area (Å²) < 4.78 is 11.3. The number of benzene rings is 2. The highest BCUT2D eigenvalue weighted by atomic mass is 16.5. The zero-order chi connectivity index (χ0) is 17.2. The summed E-state index contributed by atoms with van der Waals surface area (Å²) in [4.78, 5) is 12.1. The third-order valence-electron chi connectivity index (χ3n) is 4.91. The van der Waals surface area contributed by atoms with E-state index in [4.69, 9.17) is 9.47 Å². The molecule has 25 heavy (non-hydrogen) atoms. The highest BCUT2D eigenvalue weighted by molar-refractivity contribution is 5.94. The van der Waals surface area contributed by atoms with Crippen molar-refractivity contribution >= 4 is 5.91 Å². The minimum Gasteiger partial charge on any atom is -0.493 e. The molecule has 0 saturated heterocycles. The van der Waals surface area contributed by atoms with Gasteiger partial charge in [-0.1, -0.05) is 24.3 Å². The van der Waals surface area contributed by atoms with E-state index in [2.05, 4.69) is 23.5 Å². The molecule has 0 unspecified atom stereocenters. The van der Waals surface area contributed by atoms with Crippen molar-refractivity contribution in [1.82, 2.24) is 5.32 Å². The third kappa shape index (κ3) is 3.63. The quantitative estimate of drug-likeness (QED) is 0.910. The monoisotopic (exact) mass is 337 g/mol. The first-order chi connectivity index (χ1) is 12.2. The van der Waals surface area contributed by atoms with E-state index in [9.17, 15) is 4.79 Å².